The minimum absolute atomic E-state index is 0.192. The summed E-state index contributed by atoms with van der Waals surface area (Å²) < 4.78 is 0. The van der Waals surface area contributed by atoms with Crippen LogP contribution in [0.4, 0.5) is 0 Å². The van der Waals surface area contributed by atoms with Crippen molar-refractivity contribution in [2.24, 2.45) is 10.7 Å². The van der Waals surface area contributed by atoms with Crippen LogP contribution in [0, 0.1) is 0 Å². The molecule has 1 amide bonds. The zero-order chi connectivity index (χ0) is 8.55. The molecule has 5 heteroatoms. The second-order valence-corrected chi connectivity index (χ2v) is 2.81. The summed E-state index contributed by atoms with van der Waals surface area (Å²) in [6, 6.07) is 0.192. The lowest BCUT2D eigenvalue weighted by Gasteiger charge is -2.25. The summed E-state index contributed by atoms with van der Waals surface area (Å²) >= 11 is 0. The van der Waals surface area contributed by atoms with Crippen LogP contribution < -0.4 is 11.2 Å². The lowest BCUT2D eigenvalue weighted by Crippen LogP contribution is -2.43. The normalized spacial score (nSPS) is 26.8. The highest BCUT2D eigenvalue weighted by Gasteiger charge is 2.29. The number of hydrazine groups is 1. The molecule has 0 bridgehead atoms. The van der Waals surface area contributed by atoms with E-state index in [1.807, 2.05) is 6.21 Å². The van der Waals surface area contributed by atoms with Crippen molar-refractivity contribution < 1.29 is 4.79 Å². The zero-order valence-electron chi connectivity index (χ0n) is 6.53. The van der Waals surface area contributed by atoms with Crippen LogP contribution in [0.2, 0.25) is 0 Å². The second-order valence-electron chi connectivity index (χ2n) is 2.81. The molecule has 64 valence electrons. The molecule has 2 heterocycles. The van der Waals surface area contributed by atoms with Gasteiger partial charge in [0.25, 0.3) is 5.91 Å². The summed E-state index contributed by atoms with van der Waals surface area (Å²) in [5.41, 5.74) is 8.67. The molecule has 2 aliphatic rings. The fourth-order valence-electron chi connectivity index (χ4n) is 1.44. The van der Waals surface area contributed by atoms with Crippen molar-refractivity contribution in [1.82, 2.24) is 10.4 Å². The van der Waals surface area contributed by atoms with Gasteiger partial charge in [-0.1, -0.05) is 0 Å². The maximum Gasteiger partial charge on any atom is 0.268 e. The van der Waals surface area contributed by atoms with Crippen molar-refractivity contribution in [3.05, 3.63) is 11.9 Å². The summed E-state index contributed by atoms with van der Waals surface area (Å²) in [5.74, 6) is -0.439. The van der Waals surface area contributed by atoms with E-state index in [4.69, 9.17) is 5.73 Å². The summed E-state index contributed by atoms with van der Waals surface area (Å²) in [6.07, 6.45) is 4.26. The Morgan fingerprint density at radius 1 is 1.83 bits per heavy atom. The van der Waals surface area contributed by atoms with Gasteiger partial charge in [0.05, 0.1) is 12.2 Å². The van der Waals surface area contributed by atoms with E-state index in [-0.39, 0.29) is 6.04 Å². The molecule has 0 aromatic heterocycles. The highest BCUT2D eigenvalue weighted by atomic mass is 16.1. The SMILES string of the molecule is NC(=O)C1=CN=CC2CCNN12. The van der Waals surface area contributed by atoms with Crippen molar-refractivity contribution in [3.8, 4) is 0 Å². The number of hydrogen-bond donors (Lipinski definition) is 2. The van der Waals surface area contributed by atoms with E-state index in [1.165, 1.54) is 6.20 Å². The Morgan fingerprint density at radius 2 is 2.67 bits per heavy atom. The molecular formula is C7H10N4O. The quantitative estimate of drug-likeness (QED) is 0.523. The highest BCUT2D eigenvalue weighted by molar-refractivity contribution is 5.92. The minimum atomic E-state index is -0.439. The molecule has 1 fully saturated rings. The second kappa shape index (κ2) is 2.60. The molecule has 1 unspecified atom stereocenters. The molecule has 0 aromatic rings. The van der Waals surface area contributed by atoms with Gasteiger partial charge >= 0.3 is 0 Å². The Labute approximate surface area is 69.9 Å². The number of aliphatic imine (C=N–C) groups is 1. The maximum atomic E-state index is 10.9. The Morgan fingerprint density at radius 3 is 3.42 bits per heavy atom. The van der Waals surface area contributed by atoms with Crippen LogP contribution in [0.3, 0.4) is 0 Å². The smallest absolute Gasteiger partial charge is 0.268 e. The number of carbonyl (C=O) groups excluding carboxylic acids is 1. The fourth-order valence-corrected chi connectivity index (χ4v) is 1.44. The molecule has 0 aliphatic carbocycles. The summed E-state index contributed by atoms with van der Waals surface area (Å²) in [6.45, 7) is 0.862. The van der Waals surface area contributed by atoms with Gasteiger partial charge in [0.1, 0.15) is 5.70 Å². The number of nitrogens with one attached hydrogen (secondary N) is 1. The van der Waals surface area contributed by atoms with Crippen LogP contribution in [-0.4, -0.2) is 29.7 Å². The van der Waals surface area contributed by atoms with Gasteiger partial charge in [-0.25, -0.2) is 5.43 Å². The average molecular weight is 166 g/mol. The molecule has 12 heavy (non-hydrogen) atoms. The third-order valence-electron chi connectivity index (χ3n) is 2.02. The number of amides is 1. The largest absolute Gasteiger partial charge is 0.364 e. The van der Waals surface area contributed by atoms with Crippen LogP contribution in [0.25, 0.3) is 0 Å². The van der Waals surface area contributed by atoms with Crippen LogP contribution in [0.1, 0.15) is 6.42 Å². The summed E-state index contributed by atoms with van der Waals surface area (Å²) in [7, 11) is 0. The average Bonchev–Trinajstić information content (AvgIpc) is 2.49. The Hall–Kier alpha value is -1.36. The van der Waals surface area contributed by atoms with Gasteiger partial charge in [-0.2, -0.15) is 0 Å². The van der Waals surface area contributed by atoms with Gasteiger partial charge in [0, 0.05) is 12.8 Å². The number of rotatable bonds is 1. The monoisotopic (exact) mass is 166 g/mol. The first-order valence-electron chi connectivity index (χ1n) is 3.85. The molecule has 0 saturated carbocycles. The van der Waals surface area contributed by atoms with E-state index in [0.717, 1.165) is 13.0 Å². The van der Waals surface area contributed by atoms with Crippen molar-refractivity contribution in [1.29, 1.82) is 0 Å². The first-order valence-corrected chi connectivity index (χ1v) is 3.85. The number of fused-ring (bicyclic) bond motifs is 1. The van der Waals surface area contributed by atoms with E-state index >= 15 is 0 Å². The van der Waals surface area contributed by atoms with Crippen molar-refractivity contribution in [3.63, 3.8) is 0 Å². The van der Waals surface area contributed by atoms with E-state index in [2.05, 4.69) is 10.4 Å². The third-order valence-corrected chi connectivity index (χ3v) is 2.02. The lowest BCUT2D eigenvalue weighted by molar-refractivity contribution is -0.116. The summed E-state index contributed by atoms with van der Waals surface area (Å²) in [5, 5.41) is 1.77. The van der Waals surface area contributed by atoms with E-state index in [1.54, 1.807) is 5.01 Å². The molecule has 2 rings (SSSR count). The molecule has 2 aliphatic heterocycles. The third kappa shape index (κ3) is 0.984. The molecule has 5 nitrogen and oxygen atoms in total. The molecule has 1 atom stereocenters. The fraction of sp³-hybridized carbons (Fsp3) is 0.429. The van der Waals surface area contributed by atoms with Gasteiger partial charge in [0.15, 0.2) is 0 Å². The zero-order valence-corrected chi connectivity index (χ0v) is 6.53. The van der Waals surface area contributed by atoms with Crippen molar-refractivity contribution >= 4 is 12.1 Å². The van der Waals surface area contributed by atoms with E-state index < -0.39 is 5.91 Å². The molecule has 0 spiro atoms. The lowest BCUT2D eigenvalue weighted by atomic mass is 10.2. The van der Waals surface area contributed by atoms with Gasteiger partial charge in [-0.05, 0) is 6.42 Å². The molecule has 1 saturated heterocycles. The van der Waals surface area contributed by atoms with Crippen LogP contribution in [-0.2, 0) is 4.79 Å². The van der Waals surface area contributed by atoms with Crippen molar-refractivity contribution in [2.75, 3.05) is 6.54 Å². The number of nitrogens with zero attached hydrogens (tertiary/aromatic N) is 2. The molecule has 3 N–H and O–H groups in total. The van der Waals surface area contributed by atoms with E-state index in [9.17, 15) is 4.79 Å². The highest BCUT2D eigenvalue weighted by Crippen LogP contribution is 2.16. The molecular weight excluding hydrogens is 156 g/mol. The Bertz CT molecular complexity index is 271. The van der Waals surface area contributed by atoms with Crippen LogP contribution in [0.15, 0.2) is 16.9 Å². The van der Waals surface area contributed by atoms with Crippen LogP contribution >= 0.6 is 0 Å². The molecule has 0 radical (unpaired) electrons. The van der Waals surface area contributed by atoms with Gasteiger partial charge in [-0.3, -0.25) is 14.8 Å². The van der Waals surface area contributed by atoms with Crippen molar-refractivity contribution in [2.45, 2.75) is 12.5 Å². The van der Waals surface area contributed by atoms with E-state index in [0.29, 0.717) is 5.70 Å². The number of hydrogen-bond acceptors (Lipinski definition) is 4. The number of carbonyl (C=O) groups is 1. The standard InChI is InChI=1S/C7H10N4O/c8-7(12)6-4-9-3-5-1-2-10-11(5)6/h3-5,10H,1-2H2,(H2,8,12). The van der Waals surface area contributed by atoms with Crippen LogP contribution in [0.5, 0.6) is 0 Å². The maximum absolute atomic E-state index is 10.9. The minimum Gasteiger partial charge on any atom is -0.364 e. The Balaban J connectivity index is 2.27. The van der Waals surface area contributed by atoms with Gasteiger partial charge < -0.3 is 5.73 Å². The predicted molar refractivity (Wildman–Crippen MR) is 44.0 cm³/mol. The van der Waals surface area contributed by atoms with Gasteiger partial charge in [-0.15, -0.1) is 0 Å². The number of nitrogens with two attached hydrogens (primary N) is 1. The number of primary amides is 1. The Kier molecular flexibility index (Phi) is 1.58. The first-order chi connectivity index (χ1) is 5.79. The first kappa shape index (κ1) is 7.30. The summed E-state index contributed by atoms with van der Waals surface area (Å²) in [4.78, 5) is 14.8. The predicted octanol–water partition coefficient (Wildman–Crippen LogP) is -1.02. The molecule has 0 aromatic carbocycles. The topological polar surface area (TPSA) is 70.7 Å². The van der Waals surface area contributed by atoms with Gasteiger partial charge in [0.2, 0.25) is 0 Å².